The van der Waals surface area contributed by atoms with Crippen LogP contribution in [-0.4, -0.2) is 11.6 Å². The highest BCUT2D eigenvalue weighted by Crippen LogP contribution is 2.31. The third-order valence-corrected chi connectivity index (χ3v) is 4.57. The van der Waals surface area contributed by atoms with E-state index in [-0.39, 0.29) is 0 Å². The lowest BCUT2D eigenvalue weighted by Gasteiger charge is -2.09. The number of nitrogen functional groups attached to an aromatic ring is 1. The minimum atomic E-state index is 0.558. The predicted octanol–water partition coefficient (Wildman–Crippen LogP) is 4.40. The normalized spacial score (nSPS) is 14.1. The Morgan fingerprint density at radius 1 is 1.19 bits per heavy atom. The highest BCUT2D eigenvalue weighted by molar-refractivity contribution is 7.98. The molecule has 1 aliphatic carbocycles. The molecule has 1 heterocycles. The SMILES string of the molecule is Nc1ccc(SCc2ccc(Cl)cc2)nc1OCC1CC1. The summed E-state index contributed by atoms with van der Waals surface area (Å²) in [6.45, 7) is 0.725. The van der Waals surface area contributed by atoms with Crippen LogP contribution in [0.2, 0.25) is 5.02 Å². The number of nitrogens with zero attached hydrogens (tertiary/aromatic N) is 1. The van der Waals surface area contributed by atoms with E-state index in [4.69, 9.17) is 22.1 Å². The lowest BCUT2D eigenvalue weighted by molar-refractivity contribution is 0.288. The summed E-state index contributed by atoms with van der Waals surface area (Å²) in [5.41, 5.74) is 7.72. The average molecular weight is 321 g/mol. The first-order valence-corrected chi connectivity index (χ1v) is 8.33. The predicted molar refractivity (Wildman–Crippen MR) is 87.9 cm³/mol. The van der Waals surface area contributed by atoms with Crippen molar-refractivity contribution in [3.05, 3.63) is 47.0 Å². The lowest BCUT2D eigenvalue weighted by atomic mass is 10.2. The molecule has 2 N–H and O–H groups in total. The van der Waals surface area contributed by atoms with Crippen LogP contribution in [0.1, 0.15) is 18.4 Å². The van der Waals surface area contributed by atoms with E-state index in [1.807, 2.05) is 36.4 Å². The van der Waals surface area contributed by atoms with Crippen LogP contribution in [0.25, 0.3) is 0 Å². The van der Waals surface area contributed by atoms with Gasteiger partial charge in [0.1, 0.15) is 5.03 Å². The molecule has 1 aromatic heterocycles. The first-order valence-electron chi connectivity index (χ1n) is 6.97. The zero-order chi connectivity index (χ0) is 14.7. The number of pyridine rings is 1. The van der Waals surface area contributed by atoms with Crippen molar-refractivity contribution < 1.29 is 4.74 Å². The number of ether oxygens (including phenoxy) is 1. The molecule has 3 rings (SSSR count). The molecule has 0 saturated heterocycles. The second-order valence-corrected chi connectivity index (χ2v) is 6.65. The van der Waals surface area contributed by atoms with Crippen LogP contribution in [0.5, 0.6) is 5.88 Å². The molecule has 21 heavy (non-hydrogen) atoms. The molecule has 0 atom stereocenters. The van der Waals surface area contributed by atoms with Gasteiger partial charge in [-0.3, -0.25) is 0 Å². The van der Waals surface area contributed by atoms with Crippen molar-refractivity contribution in [2.45, 2.75) is 23.6 Å². The van der Waals surface area contributed by atoms with E-state index in [0.29, 0.717) is 17.5 Å². The van der Waals surface area contributed by atoms with Crippen molar-refractivity contribution in [1.82, 2.24) is 4.98 Å². The molecule has 3 nitrogen and oxygen atoms in total. The van der Waals surface area contributed by atoms with Crippen molar-refractivity contribution in [1.29, 1.82) is 0 Å². The van der Waals surface area contributed by atoms with Gasteiger partial charge in [-0.2, -0.15) is 0 Å². The molecular formula is C16H17ClN2OS. The van der Waals surface area contributed by atoms with Crippen molar-refractivity contribution >= 4 is 29.1 Å². The Morgan fingerprint density at radius 3 is 2.67 bits per heavy atom. The molecule has 0 spiro atoms. The van der Waals surface area contributed by atoms with Crippen LogP contribution in [0, 0.1) is 5.92 Å². The van der Waals surface area contributed by atoms with Crippen LogP contribution in [0.15, 0.2) is 41.4 Å². The maximum atomic E-state index is 5.91. The van der Waals surface area contributed by atoms with Gasteiger partial charge in [0.2, 0.25) is 5.88 Å². The molecule has 2 aromatic rings. The van der Waals surface area contributed by atoms with E-state index in [0.717, 1.165) is 22.4 Å². The quantitative estimate of drug-likeness (QED) is 0.801. The van der Waals surface area contributed by atoms with Crippen LogP contribution < -0.4 is 10.5 Å². The Bertz CT molecular complexity index is 614. The highest BCUT2D eigenvalue weighted by Gasteiger charge is 2.22. The van der Waals surface area contributed by atoms with Crippen molar-refractivity contribution in [3.8, 4) is 5.88 Å². The zero-order valence-corrected chi connectivity index (χ0v) is 13.2. The van der Waals surface area contributed by atoms with E-state index >= 15 is 0 Å². The van der Waals surface area contributed by atoms with Gasteiger partial charge in [-0.15, -0.1) is 11.8 Å². The maximum Gasteiger partial charge on any atom is 0.238 e. The Morgan fingerprint density at radius 2 is 1.95 bits per heavy atom. The summed E-state index contributed by atoms with van der Waals surface area (Å²) in [5.74, 6) is 2.09. The number of hydrogen-bond acceptors (Lipinski definition) is 4. The van der Waals surface area contributed by atoms with Gasteiger partial charge in [0, 0.05) is 10.8 Å². The zero-order valence-electron chi connectivity index (χ0n) is 11.6. The molecule has 5 heteroatoms. The van der Waals surface area contributed by atoms with Crippen molar-refractivity contribution in [3.63, 3.8) is 0 Å². The van der Waals surface area contributed by atoms with Gasteiger partial charge >= 0.3 is 0 Å². The van der Waals surface area contributed by atoms with Gasteiger partial charge in [-0.1, -0.05) is 23.7 Å². The van der Waals surface area contributed by atoms with Gasteiger partial charge < -0.3 is 10.5 Å². The van der Waals surface area contributed by atoms with E-state index in [1.54, 1.807) is 11.8 Å². The fourth-order valence-electron chi connectivity index (χ4n) is 1.85. The molecule has 0 unspecified atom stereocenters. The third kappa shape index (κ3) is 4.29. The summed E-state index contributed by atoms with van der Waals surface area (Å²) in [7, 11) is 0. The standard InChI is InChI=1S/C16H17ClN2OS/c17-13-5-3-12(4-6-13)10-21-15-8-7-14(18)16(19-15)20-9-11-1-2-11/h3-8,11H,1-2,9-10,18H2. The Hall–Kier alpha value is -1.39. The molecule has 1 aromatic carbocycles. The van der Waals surface area contributed by atoms with Crippen LogP contribution >= 0.6 is 23.4 Å². The molecule has 110 valence electrons. The number of halogens is 1. The number of benzene rings is 1. The topological polar surface area (TPSA) is 48.1 Å². The Balaban J connectivity index is 1.61. The molecule has 1 saturated carbocycles. The molecule has 0 aliphatic heterocycles. The van der Waals surface area contributed by atoms with Crippen molar-refractivity contribution in [2.24, 2.45) is 5.92 Å². The van der Waals surface area contributed by atoms with E-state index in [9.17, 15) is 0 Å². The molecule has 1 aliphatic rings. The number of thioether (sulfide) groups is 1. The monoisotopic (exact) mass is 320 g/mol. The summed E-state index contributed by atoms with van der Waals surface area (Å²) in [6.07, 6.45) is 2.51. The Kier molecular flexibility index (Phi) is 4.56. The Labute approximate surface area is 133 Å². The van der Waals surface area contributed by atoms with Crippen molar-refractivity contribution in [2.75, 3.05) is 12.3 Å². The number of aromatic nitrogens is 1. The molecule has 0 radical (unpaired) electrons. The van der Waals surface area contributed by atoms with Gasteiger partial charge in [0.05, 0.1) is 12.3 Å². The third-order valence-electron chi connectivity index (χ3n) is 3.32. The molecular weight excluding hydrogens is 304 g/mol. The first-order chi connectivity index (χ1) is 10.2. The van der Waals surface area contributed by atoms with Crippen LogP contribution in [0.3, 0.4) is 0 Å². The number of hydrogen-bond donors (Lipinski definition) is 1. The van der Waals surface area contributed by atoms with Crippen LogP contribution in [0.4, 0.5) is 5.69 Å². The number of rotatable bonds is 6. The molecule has 0 bridgehead atoms. The largest absolute Gasteiger partial charge is 0.476 e. The van der Waals surface area contributed by atoms with Gasteiger partial charge in [0.25, 0.3) is 0 Å². The number of anilines is 1. The fourth-order valence-corrected chi connectivity index (χ4v) is 2.79. The maximum absolute atomic E-state index is 5.91. The second kappa shape index (κ2) is 6.58. The fraction of sp³-hybridized carbons (Fsp3) is 0.312. The van der Waals surface area contributed by atoms with E-state index < -0.39 is 0 Å². The van der Waals surface area contributed by atoms with E-state index in [1.165, 1.54) is 18.4 Å². The van der Waals surface area contributed by atoms with E-state index in [2.05, 4.69) is 4.98 Å². The second-order valence-electron chi connectivity index (χ2n) is 5.21. The summed E-state index contributed by atoms with van der Waals surface area (Å²) in [6, 6.07) is 11.6. The number of nitrogens with two attached hydrogens (primary N) is 1. The average Bonchev–Trinajstić information content (AvgIpc) is 3.31. The smallest absolute Gasteiger partial charge is 0.238 e. The van der Waals surface area contributed by atoms with Gasteiger partial charge in [-0.25, -0.2) is 4.98 Å². The first kappa shape index (κ1) is 14.5. The van der Waals surface area contributed by atoms with Gasteiger partial charge in [-0.05, 0) is 48.6 Å². The molecule has 0 amide bonds. The lowest BCUT2D eigenvalue weighted by Crippen LogP contribution is -2.04. The summed E-state index contributed by atoms with van der Waals surface area (Å²) in [5, 5.41) is 1.68. The minimum Gasteiger partial charge on any atom is -0.476 e. The summed E-state index contributed by atoms with van der Waals surface area (Å²) in [4.78, 5) is 4.49. The van der Waals surface area contributed by atoms with Crippen LogP contribution in [-0.2, 0) is 5.75 Å². The minimum absolute atomic E-state index is 0.558. The summed E-state index contributed by atoms with van der Waals surface area (Å²) < 4.78 is 5.70. The highest BCUT2D eigenvalue weighted by atomic mass is 35.5. The van der Waals surface area contributed by atoms with Gasteiger partial charge in [0.15, 0.2) is 0 Å². The summed E-state index contributed by atoms with van der Waals surface area (Å²) >= 11 is 7.55. The molecule has 1 fully saturated rings.